The number of carbonyl (C=O) groups is 1. The first-order valence-electron chi connectivity index (χ1n) is 8.87. The van der Waals surface area contributed by atoms with Gasteiger partial charge in [0.1, 0.15) is 0 Å². The highest BCUT2D eigenvalue weighted by Gasteiger charge is 2.24. The van der Waals surface area contributed by atoms with Crippen LogP contribution in [0, 0.1) is 0 Å². The number of ether oxygens (including phenoxy) is 1. The van der Waals surface area contributed by atoms with E-state index in [1.54, 1.807) is 7.11 Å². The van der Waals surface area contributed by atoms with Crippen LogP contribution in [0.25, 0.3) is 10.9 Å². The Kier molecular flexibility index (Phi) is 5.90. The minimum Gasteiger partial charge on any atom is -0.481 e. The number of amides is 1. The van der Waals surface area contributed by atoms with E-state index in [1.807, 2.05) is 30.3 Å². The summed E-state index contributed by atoms with van der Waals surface area (Å²) in [6.45, 7) is 2.37. The van der Waals surface area contributed by atoms with Crippen LogP contribution in [0.1, 0.15) is 24.3 Å². The fraction of sp³-hybridized carbons (Fsp3) is 0.474. The van der Waals surface area contributed by atoms with Gasteiger partial charge in [0.2, 0.25) is 5.88 Å². The molecule has 1 aromatic carbocycles. The highest BCUT2D eigenvalue weighted by atomic mass is 16.5. The Balaban J connectivity index is 1.73. The van der Waals surface area contributed by atoms with Crippen molar-refractivity contribution in [1.82, 2.24) is 15.2 Å². The van der Waals surface area contributed by atoms with Crippen molar-refractivity contribution >= 4 is 17.0 Å². The van der Waals surface area contributed by atoms with Crippen molar-refractivity contribution in [3.8, 4) is 5.88 Å². The first-order valence-corrected chi connectivity index (χ1v) is 8.87. The van der Waals surface area contributed by atoms with E-state index in [0.29, 0.717) is 12.4 Å². The van der Waals surface area contributed by atoms with E-state index >= 15 is 0 Å². The van der Waals surface area contributed by atoms with Gasteiger partial charge in [0.05, 0.1) is 19.2 Å². The molecule has 1 aromatic heterocycles. The standard InChI is InChI=1S/C19H25N3O4/c1-26-17-6-5-13-3-2-4-16(18(13)21-17)14(12-23)11-22-9-7-15(8-10-22)20-19(24)25/h2-6,14-15,20,23H,7-12H2,1H3,(H,24,25). The number of aromatic nitrogens is 1. The Labute approximate surface area is 152 Å². The number of nitrogens with zero attached hydrogens (tertiary/aromatic N) is 2. The van der Waals surface area contributed by atoms with E-state index in [2.05, 4.69) is 15.2 Å². The Hall–Kier alpha value is -2.38. The van der Waals surface area contributed by atoms with Crippen LogP contribution in [0.15, 0.2) is 30.3 Å². The number of likely N-dealkylation sites (tertiary alicyclic amines) is 1. The van der Waals surface area contributed by atoms with Gasteiger partial charge in [-0.2, -0.15) is 0 Å². The molecular formula is C19H25N3O4. The molecule has 0 bridgehead atoms. The van der Waals surface area contributed by atoms with Gasteiger partial charge in [0.15, 0.2) is 0 Å². The van der Waals surface area contributed by atoms with Gasteiger partial charge in [-0.05, 0) is 24.5 Å². The largest absolute Gasteiger partial charge is 0.481 e. The lowest BCUT2D eigenvalue weighted by Crippen LogP contribution is -2.45. The fourth-order valence-corrected chi connectivity index (χ4v) is 3.60. The zero-order chi connectivity index (χ0) is 18.5. The number of nitrogens with one attached hydrogen (secondary N) is 1. The summed E-state index contributed by atoms with van der Waals surface area (Å²) in [6.07, 6.45) is 0.602. The molecule has 1 saturated heterocycles. The monoisotopic (exact) mass is 359 g/mol. The lowest BCUT2D eigenvalue weighted by Gasteiger charge is -2.34. The zero-order valence-corrected chi connectivity index (χ0v) is 14.9. The SMILES string of the molecule is COc1ccc2cccc(C(CO)CN3CCC(NC(=O)O)CC3)c2n1. The van der Waals surface area contributed by atoms with Crippen LogP contribution >= 0.6 is 0 Å². The van der Waals surface area contributed by atoms with Gasteiger partial charge >= 0.3 is 6.09 Å². The van der Waals surface area contributed by atoms with E-state index in [0.717, 1.165) is 42.4 Å². The molecular weight excluding hydrogens is 334 g/mol. The Morgan fingerprint density at radius 2 is 2.12 bits per heavy atom. The van der Waals surface area contributed by atoms with Crippen LogP contribution < -0.4 is 10.1 Å². The molecule has 7 nitrogen and oxygen atoms in total. The molecule has 1 amide bonds. The van der Waals surface area contributed by atoms with E-state index in [4.69, 9.17) is 9.84 Å². The molecule has 1 fully saturated rings. The van der Waals surface area contributed by atoms with Crippen molar-refractivity contribution in [2.24, 2.45) is 0 Å². The summed E-state index contributed by atoms with van der Waals surface area (Å²) < 4.78 is 5.25. The molecule has 2 aromatic rings. The van der Waals surface area contributed by atoms with E-state index in [-0.39, 0.29) is 18.6 Å². The Morgan fingerprint density at radius 1 is 1.35 bits per heavy atom. The molecule has 26 heavy (non-hydrogen) atoms. The summed E-state index contributed by atoms with van der Waals surface area (Å²) in [5.41, 5.74) is 1.86. The lowest BCUT2D eigenvalue weighted by atomic mass is 9.95. The minimum absolute atomic E-state index is 0.0137. The molecule has 140 valence electrons. The Morgan fingerprint density at radius 3 is 2.77 bits per heavy atom. The second-order valence-electron chi connectivity index (χ2n) is 6.68. The van der Waals surface area contributed by atoms with Gasteiger partial charge in [-0.3, -0.25) is 0 Å². The minimum atomic E-state index is -0.965. The van der Waals surface area contributed by atoms with Crippen molar-refractivity contribution in [3.05, 3.63) is 35.9 Å². The average Bonchev–Trinajstić information content (AvgIpc) is 2.66. The summed E-state index contributed by atoms with van der Waals surface area (Å²) in [5.74, 6) is 0.504. The second kappa shape index (κ2) is 8.33. The normalized spacial score (nSPS) is 17.2. The molecule has 0 aliphatic carbocycles. The molecule has 0 radical (unpaired) electrons. The molecule has 1 unspecified atom stereocenters. The molecule has 7 heteroatoms. The summed E-state index contributed by atoms with van der Waals surface area (Å²) in [4.78, 5) is 17.6. The van der Waals surface area contributed by atoms with Crippen LogP contribution in [0.3, 0.4) is 0 Å². The molecule has 0 saturated carbocycles. The summed E-state index contributed by atoms with van der Waals surface area (Å²) in [5, 5.41) is 22.4. The number of aliphatic hydroxyl groups excluding tert-OH is 1. The van der Waals surface area contributed by atoms with Gasteiger partial charge in [0.25, 0.3) is 0 Å². The quantitative estimate of drug-likeness (QED) is 0.731. The number of hydrogen-bond acceptors (Lipinski definition) is 5. The number of carboxylic acid groups (broad SMARTS) is 1. The molecule has 2 heterocycles. The van der Waals surface area contributed by atoms with Gasteiger partial charge < -0.3 is 25.2 Å². The Bertz CT molecular complexity index is 760. The third-order valence-corrected chi connectivity index (χ3v) is 4.99. The predicted octanol–water partition coefficient (Wildman–Crippen LogP) is 2.05. The number of benzene rings is 1. The number of para-hydroxylation sites is 1. The van der Waals surface area contributed by atoms with Crippen LogP contribution in [0.2, 0.25) is 0 Å². The number of aliphatic hydroxyl groups is 1. The molecule has 1 aliphatic heterocycles. The van der Waals surface area contributed by atoms with Crippen LogP contribution in [-0.4, -0.2) is 65.6 Å². The first-order chi connectivity index (χ1) is 12.6. The molecule has 1 atom stereocenters. The topological polar surface area (TPSA) is 94.9 Å². The van der Waals surface area contributed by atoms with E-state index in [9.17, 15) is 9.90 Å². The maximum absolute atomic E-state index is 10.8. The smallest absolute Gasteiger partial charge is 0.404 e. The number of hydrogen-bond donors (Lipinski definition) is 3. The van der Waals surface area contributed by atoms with Gasteiger partial charge in [-0.25, -0.2) is 9.78 Å². The summed E-state index contributed by atoms with van der Waals surface area (Å²) in [6, 6.07) is 9.82. The van der Waals surface area contributed by atoms with Crippen molar-refractivity contribution in [2.45, 2.75) is 24.8 Å². The van der Waals surface area contributed by atoms with Gasteiger partial charge in [0, 0.05) is 43.0 Å². The van der Waals surface area contributed by atoms with Gasteiger partial charge in [-0.1, -0.05) is 18.2 Å². The number of methoxy groups -OCH3 is 1. The summed E-state index contributed by atoms with van der Waals surface area (Å²) >= 11 is 0. The van der Waals surface area contributed by atoms with Crippen molar-refractivity contribution < 1.29 is 19.7 Å². The van der Waals surface area contributed by atoms with Crippen molar-refractivity contribution in [2.75, 3.05) is 33.4 Å². The third-order valence-electron chi connectivity index (χ3n) is 4.99. The van der Waals surface area contributed by atoms with E-state index in [1.165, 1.54) is 0 Å². The van der Waals surface area contributed by atoms with Crippen LogP contribution in [0.4, 0.5) is 4.79 Å². The predicted molar refractivity (Wildman–Crippen MR) is 98.7 cm³/mol. The average molecular weight is 359 g/mol. The van der Waals surface area contributed by atoms with Crippen LogP contribution in [-0.2, 0) is 0 Å². The maximum Gasteiger partial charge on any atom is 0.404 e. The fourth-order valence-electron chi connectivity index (χ4n) is 3.60. The van der Waals surface area contributed by atoms with Crippen molar-refractivity contribution in [3.63, 3.8) is 0 Å². The third kappa shape index (κ3) is 4.23. The van der Waals surface area contributed by atoms with Crippen LogP contribution in [0.5, 0.6) is 5.88 Å². The maximum atomic E-state index is 10.8. The number of rotatable bonds is 6. The zero-order valence-electron chi connectivity index (χ0n) is 14.9. The van der Waals surface area contributed by atoms with E-state index < -0.39 is 6.09 Å². The first kappa shape index (κ1) is 18.4. The molecule has 0 spiro atoms. The number of pyridine rings is 1. The molecule has 1 aliphatic rings. The van der Waals surface area contributed by atoms with Gasteiger partial charge in [-0.15, -0.1) is 0 Å². The highest BCUT2D eigenvalue weighted by Crippen LogP contribution is 2.27. The number of fused-ring (bicyclic) bond motifs is 1. The lowest BCUT2D eigenvalue weighted by molar-refractivity contribution is 0.152. The van der Waals surface area contributed by atoms with Crippen molar-refractivity contribution in [1.29, 1.82) is 0 Å². The highest BCUT2D eigenvalue weighted by molar-refractivity contribution is 5.83. The summed E-state index contributed by atoms with van der Waals surface area (Å²) in [7, 11) is 1.59. The number of piperidine rings is 1. The second-order valence-corrected chi connectivity index (χ2v) is 6.68. The molecule has 3 N–H and O–H groups in total. The molecule has 3 rings (SSSR count).